The van der Waals surface area contributed by atoms with Gasteiger partial charge in [0.05, 0.1) is 15.9 Å². The van der Waals surface area contributed by atoms with E-state index in [0.29, 0.717) is 57.6 Å². The molecule has 0 unspecified atom stereocenters. The smallest absolute Gasteiger partial charge is 0.295 e. The molecule has 3 N–H and O–H groups in total. The van der Waals surface area contributed by atoms with Crippen LogP contribution in [0.5, 0.6) is 0 Å². The zero-order valence-electron chi connectivity index (χ0n) is 28.7. The predicted molar refractivity (Wildman–Crippen MR) is 198 cm³/mol. The molecule has 0 amide bonds. The predicted octanol–water partition coefficient (Wildman–Crippen LogP) is 3.75. The van der Waals surface area contributed by atoms with Gasteiger partial charge in [0, 0.05) is 80.2 Å². The second kappa shape index (κ2) is 14.3. The summed E-state index contributed by atoms with van der Waals surface area (Å²) in [5, 5.41) is 4.65. The van der Waals surface area contributed by atoms with E-state index in [1.807, 2.05) is 24.3 Å². The third-order valence-electron chi connectivity index (χ3n) is 8.55. The summed E-state index contributed by atoms with van der Waals surface area (Å²) >= 11 is 0. The van der Waals surface area contributed by atoms with E-state index in [9.17, 15) is 29.8 Å². The Hall–Kier alpha value is -4.90. The molecule has 0 fully saturated rings. The maximum absolute atomic E-state index is 12.5. The Morgan fingerprint density at radius 3 is 1.87 bits per heavy atom. The molecule has 0 radical (unpaired) electrons. The van der Waals surface area contributed by atoms with Crippen LogP contribution in [0.3, 0.4) is 0 Å². The van der Waals surface area contributed by atoms with E-state index in [1.54, 1.807) is 78.9 Å². The summed E-state index contributed by atoms with van der Waals surface area (Å²) in [6.45, 7) is 0.770. The van der Waals surface area contributed by atoms with Crippen molar-refractivity contribution in [3.05, 3.63) is 126 Å². The van der Waals surface area contributed by atoms with Gasteiger partial charge in [-0.3, -0.25) is 4.55 Å². The number of benzene rings is 5. The molecule has 0 saturated heterocycles. The Morgan fingerprint density at radius 2 is 1.27 bits per heavy atom. The van der Waals surface area contributed by atoms with Crippen LogP contribution in [0, 0.1) is 0 Å². The molecule has 0 saturated carbocycles. The van der Waals surface area contributed by atoms with Crippen molar-refractivity contribution in [2.24, 2.45) is 0 Å². The third kappa shape index (κ3) is 7.51. The highest BCUT2D eigenvalue weighted by molar-refractivity contribution is 7.89. The first kappa shape index (κ1) is 36.9. The van der Waals surface area contributed by atoms with E-state index >= 15 is 0 Å². The Labute approximate surface area is 302 Å². The fourth-order valence-electron chi connectivity index (χ4n) is 5.69. The number of anilines is 1. The average Bonchev–Trinajstić information content (AvgIpc) is 3.11. The molecule has 15 heteroatoms. The zero-order chi connectivity index (χ0) is 37.4. The summed E-state index contributed by atoms with van der Waals surface area (Å²) in [6, 6.07) is 30.3. The summed E-state index contributed by atoms with van der Waals surface area (Å²) in [6.07, 6.45) is 0. The van der Waals surface area contributed by atoms with Crippen LogP contribution in [-0.4, -0.2) is 66.6 Å². The molecular formula is C37H37N4O8S3+. The molecular weight excluding hydrogens is 725 g/mol. The van der Waals surface area contributed by atoms with Crippen LogP contribution >= 0.6 is 0 Å². The van der Waals surface area contributed by atoms with Gasteiger partial charge in [-0.15, -0.1) is 0 Å². The zero-order valence-corrected chi connectivity index (χ0v) is 31.2. The largest absolute Gasteiger partial charge is 0.456 e. The van der Waals surface area contributed by atoms with Gasteiger partial charge in [-0.05, 0) is 54.1 Å². The minimum Gasteiger partial charge on any atom is -0.456 e. The fraction of sp³-hybridized carbons (Fsp3) is 0.162. The molecule has 1 aliphatic carbocycles. The maximum Gasteiger partial charge on any atom is 0.295 e. The Balaban J connectivity index is 1.39. The molecule has 1 heterocycles. The van der Waals surface area contributed by atoms with Gasteiger partial charge in [0.15, 0.2) is 6.54 Å². The summed E-state index contributed by atoms with van der Waals surface area (Å²) in [5.41, 5.74) is 4.31. The number of hydrogen-bond donors (Lipinski definition) is 3. The van der Waals surface area contributed by atoms with Crippen LogP contribution in [-0.2, 0) is 43.3 Å². The standard InChI is InChI=1S/C37H36N4O8S3/c1-40(2)50(42,43)29-15-9-25(10-16-29)23-38-27-13-19-31-34(21-27)49-35-22-28(39-24-26-11-17-30(18-12-26)51(44,45)41(3)4)14-20-32(35)37(31)33-7-5-6-8-36(33)52(46,47)48/h5-22,38H,23-24H2,1-4H3,(H,46,47,48)/p+1. The van der Waals surface area contributed by atoms with E-state index in [1.165, 1.54) is 34.3 Å². The van der Waals surface area contributed by atoms with E-state index in [0.717, 1.165) is 19.7 Å². The second-order valence-electron chi connectivity index (χ2n) is 12.4. The van der Waals surface area contributed by atoms with E-state index in [2.05, 4.69) is 10.3 Å². The quantitative estimate of drug-likeness (QED) is 0.132. The van der Waals surface area contributed by atoms with Gasteiger partial charge in [0.2, 0.25) is 25.4 Å². The Morgan fingerprint density at radius 1 is 0.673 bits per heavy atom. The first-order valence-electron chi connectivity index (χ1n) is 16.0. The van der Waals surface area contributed by atoms with Crippen molar-refractivity contribution in [1.29, 1.82) is 0 Å². The van der Waals surface area contributed by atoms with E-state index in [4.69, 9.17) is 4.42 Å². The van der Waals surface area contributed by atoms with Crippen LogP contribution in [0.2, 0.25) is 0 Å². The van der Waals surface area contributed by atoms with Crippen LogP contribution < -0.4 is 15.7 Å². The highest BCUT2D eigenvalue weighted by atomic mass is 32.2. The molecule has 270 valence electrons. The lowest BCUT2D eigenvalue weighted by Crippen LogP contribution is -2.74. The minimum atomic E-state index is -4.58. The molecule has 0 atom stereocenters. The SMILES string of the molecule is CN(C)S(=O)(=O)c1ccc(CNc2ccc3c(-c4ccccc4S(=O)(=O)O)c4ccc(=[NH+]Cc5ccc(S(=O)(=O)N(C)C)cc5)cc-4oc3c2)cc1. The first-order chi connectivity index (χ1) is 24.6. The van der Waals surface area contributed by atoms with Gasteiger partial charge >= 0.3 is 0 Å². The van der Waals surface area contributed by atoms with Gasteiger partial charge < -0.3 is 9.73 Å². The number of rotatable bonds is 11. The molecule has 0 aromatic heterocycles. The third-order valence-corrected chi connectivity index (χ3v) is 13.1. The Kier molecular flexibility index (Phi) is 10.1. The van der Waals surface area contributed by atoms with Crippen molar-refractivity contribution < 1.29 is 39.2 Å². The number of fused-ring (bicyclic) bond motifs is 2. The lowest BCUT2D eigenvalue weighted by molar-refractivity contribution is -0.518. The van der Waals surface area contributed by atoms with Crippen LogP contribution in [0.15, 0.2) is 128 Å². The van der Waals surface area contributed by atoms with Crippen molar-refractivity contribution in [3.63, 3.8) is 0 Å². The molecule has 12 nitrogen and oxygen atoms in total. The van der Waals surface area contributed by atoms with Crippen molar-refractivity contribution in [1.82, 2.24) is 8.61 Å². The molecule has 0 spiro atoms. The minimum absolute atomic E-state index is 0.192. The average molecular weight is 762 g/mol. The fourth-order valence-corrected chi connectivity index (χ4v) is 8.19. The summed E-state index contributed by atoms with van der Waals surface area (Å²) in [5.74, 6) is 0.444. The van der Waals surface area contributed by atoms with Gasteiger partial charge in [-0.25, -0.2) is 30.4 Å². The first-order valence-corrected chi connectivity index (χ1v) is 20.3. The highest BCUT2D eigenvalue weighted by Crippen LogP contribution is 2.42. The molecule has 2 aliphatic rings. The van der Waals surface area contributed by atoms with Gasteiger partial charge in [-0.2, -0.15) is 8.42 Å². The summed E-state index contributed by atoms with van der Waals surface area (Å²) in [7, 11) is -5.77. The number of hydrogen-bond acceptors (Lipinski definition) is 8. The van der Waals surface area contributed by atoms with Crippen LogP contribution in [0.1, 0.15) is 11.1 Å². The molecule has 4 aromatic carbocycles. The normalized spacial score (nSPS) is 13.0. The lowest BCUT2D eigenvalue weighted by Gasteiger charge is -2.17. The highest BCUT2D eigenvalue weighted by Gasteiger charge is 2.24. The second-order valence-corrected chi connectivity index (χ2v) is 18.1. The molecule has 6 rings (SSSR count). The van der Waals surface area contributed by atoms with E-state index in [-0.39, 0.29) is 14.7 Å². The number of nitrogens with one attached hydrogen (secondary N) is 2. The molecule has 4 aromatic rings. The van der Waals surface area contributed by atoms with Crippen molar-refractivity contribution >= 4 is 46.8 Å². The summed E-state index contributed by atoms with van der Waals surface area (Å²) < 4.78 is 93.7. The number of nitrogens with zero attached hydrogens (tertiary/aromatic N) is 2. The van der Waals surface area contributed by atoms with Crippen LogP contribution in [0.4, 0.5) is 5.69 Å². The number of sulfonamides is 2. The molecule has 0 bridgehead atoms. The van der Waals surface area contributed by atoms with Gasteiger partial charge in [-0.1, -0.05) is 42.5 Å². The van der Waals surface area contributed by atoms with Crippen LogP contribution in [0.25, 0.3) is 33.4 Å². The lowest BCUT2D eigenvalue weighted by atomic mass is 9.93. The van der Waals surface area contributed by atoms with Crippen molar-refractivity contribution in [3.8, 4) is 22.5 Å². The topological polar surface area (TPSA) is 168 Å². The molecule has 52 heavy (non-hydrogen) atoms. The van der Waals surface area contributed by atoms with Gasteiger partial charge in [0.25, 0.3) is 10.1 Å². The Bertz CT molecular complexity index is 2660. The maximum atomic E-state index is 12.5. The monoisotopic (exact) mass is 761 g/mol. The van der Waals surface area contributed by atoms with Crippen molar-refractivity contribution in [2.45, 2.75) is 27.8 Å². The van der Waals surface area contributed by atoms with Gasteiger partial charge in [0.1, 0.15) is 16.2 Å². The molecule has 1 aliphatic heterocycles. The van der Waals surface area contributed by atoms with E-state index < -0.39 is 30.2 Å². The van der Waals surface area contributed by atoms with Crippen molar-refractivity contribution in [2.75, 3.05) is 33.5 Å². The summed E-state index contributed by atoms with van der Waals surface area (Å²) in [4.78, 5) is 3.48.